The van der Waals surface area contributed by atoms with Crippen LogP contribution in [0, 0.1) is 0 Å². The van der Waals surface area contributed by atoms with Crippen molar-refractivity contribution in [2.24, 2.45) is 0 Å². The van der Waals surface area contributed by atoms with E-state index in [4.69, 9.17) is 4.74 Å². The lowest BCUT2D eigenvalue weighted by atomic mass is 10.1. The van der Waals surface area contributed by atoms with Crippen molar-refractivity contribution in [3.8, 4) is 5.75 Å². The molecule has 142 valence electrons. The van der Waals surface area contributed by atoms with Crippen LogP contribution in [0.4, 0.5) is 5.69 Å². The van der Waals surface area contributed by atoms with E-state index >= 15 is 0 Å². The van der Waals surface area contributed by atoms with Crippen LogP contribution in [0.15, 0.2) is 48.5 Å². The van der Waals surface area contributed by atoms with Crippen molar-refractivity contribution in [2.45, 2.75) is 32.1 Å². The zero-order valence-electron chi connectivity index (χ0n) is 15.7. The summed E-state index contributed by atoms with van der Waals surface area (Å²) in [5.41, 5.74) is 2.68. The SMILES string of the molecule is COc1ccc(CCCCNC(=O)c2cccc(N3CCCC3=O)c2)cc1. The fourth-order valence-electron chi connectivity index (χ4n) is 3.29. The number of ether oxygens (including phenoxy) is 1. The molecule has 5 heteroatoms. The molecule has 2 amide bonds. The maximum absolute atomic E-state index is 12.4. The predicted octanol–water partition coefficient (Wildman–Crippen LogP) is 3.57. The minimum atomic E-state index is -0.0899. The summed E-state index contributed by atoms with van der Waals surface area (Å²) >= 11 is 0. The zero-order chi connectivity index (χ0) is 19.1. The lowest BCUT2D eigenvalue weighted by Gasteiger charge is -2.16. The van der Waals surface area contributed by atoms with Crippen molar-refractivity contribution in [3.63, 3.8) is 0 Å². The third-order valence-electron chi connectivity index (χ3n) is 4.83. The first-order valence-electron chi connectivity index (χ1n) is 9.49. The number of hydrogen-bond donors (Lipinski definition) is 1. The molecule has 0 unspecified atom stereocenters. The Balaban J connectivity index is 1.43. The molecule has 2 aromatic carbocycles. The van der Waals surface area contributed by atoms with Gasteiger partial charge in [-0.25, -0.2) is 0 Å². The second-order valence-corrected chi connectivity index (χ2v) is 6.76. The highest BCUT2D eigenvalue weighted by molar-refractivity contribution is 5.99. The van der Waals surface area contributed by atoms with Gasteiger partial charge in [0.1, 0.15) is 5.75 Å². The van der Waals surface area contributed by atoms with Crippen molar-refractivity contribution in [2.75, 3.05) is 25.1 Å². The second-order valence-electron chi connectivity index (χ2n) is 6.76. The number of amides is 2. The van der Waals surface area contributed by atoms with Crippen molar-refractivity contribution < 1.29 is 14.3 Å². The number of anilines is 1. The van der Waals surface area contributed by atoms with Gasteiger partial charge < -0.3 is 15.0 Å². The Hall–Kier alpha value is -2.82. The number of benzene rings is 2. The van der Waals surface area contributed by atoms with Gasteiger partial charge in [0.15, 0.2) is 0 Å². The average molecular weight is 366 g/mol. The monoisotopic (exact) mass is 366 g/mol. The molecule has 1 heterocycles. The zero-order valence-corrected chi connectivity index (χ0v) is 15.7. The van der Waals surface area contributed by atoms with Crippen molar-refractivity contribution in [1.82, 2.24) is 5.32 Å². The highest BCUT2D eigenvalue weighted by Crippen LogP contribution is 2.22. The summed E-state index contributed by atoms with van der Waals surface area (Å²) in [6.45, 7) is 1.37. The first-order chi connectivity index (χ1) is 13.2. The second kappa shape index (κ2) is 9.21. The van der Waals surface area contributed by atoms with Crippen LogP contribution in [0.3, 0.4) is 0 Å². The lowest BCUT2D eigenvalue weighted by molar-refractivity contribution is -0.117. The first kappa shape index (κ1) is 19.0. The molecule has 0 atom stereocenters. The summed E-state index contributed by atoms with van der Waals surface area (Å²) in [7, 11) is 1.66. The summed E-state index contributed by atoms with van der Waals surface area (Å²) < 4.78 is 5.16. The molecule has 27 heavy (non-hydrogen) atoms. The third kappa shape index (κ3) is 5.09. The molecule has 0 aliphatic carbocycles. The minimum absolute atomic E-state index is 0.0899. The molecule has 0 bridgehead atoms. The van der Waals surface area contributed by atoms with Gasteiger partial charge in [0.25, 0.3) is 5.91 Å². The number of rotatable bonds is 8. The number of methoxy groups -OCH3 is 1. The van der Waals surface area contributed by atoms with Gasteiger partial charge in [-0.3, -0.25) is 9.59 Å². The molecule has 1 fully saturated rings. The van der Waals surface area contributed by atoms with E-state index in [1.54, 1.807) is 24.1 Å². The topological polar surface area (TPSA) is 58.6 Å². The van der Waals surface area contributed by atoms with E-state index in [1.165, 1.54) is 5.56 Å². The first-order valence-corrected chi connectivity index (χ1v) is 9.49. The van der Waals surface area contributed by atoms with Crippen LogP contribution in [0.25, 0.3) is 0 Å². The van der Waals surface area contributed by atoms with E-state index in [0.717, 1.165) is 43.7 Å². The van der Waals surface area contributed by atoms with Gasteiger partial charge in [-0.2, -0.15) is 0 Å². The smallest absolute Gasteiger partial charge is 0.251 e. The van der Waals surface area contributed by atoms with E-state index in [2.05, 4.69) is 17.4 Å². The Bertz CT molecular complexity index is 786. The molecule has 0 aromatic heterocycles. The van der Waals surface area contributed by atoms with Crippen molar-refractivity contribution in [3.05, 3.63) is 59.7 Å². The van der Waals surface area contributed by atoms with Crippen LogP contribution in [0.5, 0.6) is 5.75 Å². The Labute approximate surface area is 160 Å². The van der Waals surface area contributed by atoms with Crippen LogP contribution in [-0.4, -0.2) is 32.0 Å². The number of aryl methyl sites for hydroxylation is 1. The Morgan fingerprint density at radius 1 is 1.15 bits per heavy atom. The standard InChI is InChI=1S/C22H26N2O3/c1-27-20-12-10-17(11-13-20)6-2-3-14-23-22(26)18-7-4-8-19(16-18)24-15-5-9-21(24)25/h4,7-8,10-13,16H,2-3,5-6,9,14-15H2,1H3,(H,23,26). The van der Waals surface area contributed by atoms with Crippen molar-refractivity contribution >= 4 is 17.5 Å². The van der Waals surface area contributed by atoms with Gasteiger partial charge >= 0.3 is 0 Å². The van der Waals surface area contributed by atoms with Crippen LogP contribution in [0.1, 0.15) is 41.6 Å². The van der Waals surface area contributed by atoms with Gasteiger partial charge in [-0.05, 0) is 61.6 Å². The van der Waals surface area contributed by atoms with E-state index in [1.807, 2.05) is 24.3 Å². The molecule has 1 aliphatic heterocycles. The summed E-state index contributed by atoms with van der Waals surface area (Å²) in [5, 5.41) is 2.97. The van der Waals surface area contributed by atoms with Gasteiger partial charge in [0.2, 0.25) is 5.91 Å². The average Bonchev–Trinajstić information content (AvgIpc) is 3.14. The quantitative estimate of drug-likeness (QED) is 0.727. The number of nitrogens with zero attached hydrogens (tertiary/aromatic N) is 1. The highest BCUT2D eigenvalue weighted by atomic mass is 16.5. The van der Waals surface area contributed by atoms with E-state index in [0.29, 0.717) is 18.5 Å². The predicted molar refractivity (Wildman–Crippen MR) is 106 cm³/mol. The van der Waals surface area contributed by atoms with Gasteiger partial charge in [0.05, 0.1) is 7.11 Å². The number of carbonyl (C=O) groups is 2. The Morgan fingerprint density at radius 3 is 2.67 bits per heavy atom. The molecule has 1 N–H and O–H groups in total. The minimum Gasteiger partial charge on any atom is -0.497 e. The molecule has 1 saturated heterocycles. The van der Waals surface area contributed by atoms with E-state index in [9.17, 15) is 9.59 Å². The number of carbonyl (C=O) groups excluding carboxylic acids is 2. The number of unbranched alkanes of at least 4 members (excludes halogenated alkanes) is 1. The Morgan fingerprint density at radius 2 is 1.96 bits per heavy atom. The molecule has 0 radical (unpaired) electrons. The van der Waals surface area contributed by atoms with E-state index in [-0.39, 0.29) is 11.8 Å². The third-order valence-corrected chi connectivity index (χ3v) is 4.83. The fourth-order valence-corrected chi connectivity index (χ4v) is 3.29. The van der Waals surface area contributed by atoms with Crippen LogP contribution in [-0.2, 0) is 11.2 Å². The molecular formula is C22H26N2O3. The molecule has 1 aliphatic rings. The maximum Gasteiger partial charge on any atom is 0.251 e. The van der Waals surface area contributed by atoms with Gasteiger partial charge in [0, 0.05) is 30.8 Å². The number of hydrogen-bond acceptors (Lipinski definition) is 3. The molecule has 2 aromatic rings. The molecule has 0 spiro atoms. The van der Waals surface area contributed by atoms with Crippen LogP contribution in [0.2, 0.25) is 0 Å². The summed E-state index contributed by atoms with van der Waals surface area (Å²) in [6, 6.07) is 15.4. The van der Waals surface area contributed by atoms with Gasteiger partial charge in [-0.15, -0.1) is 0 Å². The van der Waals surface area contributed by atoms with Crippen LogP contribution >= 0.6 is 0 Å². The van der Waals surface area contributed by atoms with Crippen molar-refractivity contribution in [1.29, 1.82) is 0 Å². The summed E-state index contributed by atoms with van der Waals surface area (Å²) in [5.74, 6) is 0.905. The molecule has 3 rings (SSSR count). The number of nitrogens with one attached hydrogen (secondary N) is 1. The molecule has 5 nitrogen and oxygen atoms in total. The lowest BCUT2D eigenvalue weighted by Crippen LogP contribution is -2.26. The van der Waals surface area contributed by atoms with E-state index < -0.39 is 0 Å². The normalized spacial score (nSPS) is 13.7. The van der Waals surface area contributed by atoms with Crippen LogP contribution < -0.4 is 15.0 Å². The summed E-state index contributed by atoms with van der Waals surface area (Å²) in [4.78, 5) is 26.0. The molecular weight excluding hydrogens is 340 g/mol. The highest BCUT2D eigenvalue weighted by Gasteiger charge is 2.22. The molecule has 0 saturated carbocycles. The largest absolute Gasteiger partial charge is 0.497 e. The Kier molecular flexibility index (Phi) is 6.47. The maximum atomic E-state index is 12.4. The van der Waals surface area contributed by atoms with Gasteiger partial charge in [-0.1, -0.05) is 18.2 Å². The summed E-state index contributed by atoms with van der Waals surface area (Å²) in [6.07, 6.45) is 4.37. The fraction of sp³-hybridized carbons (Fsp3) is 0.364.